The molecule has 3 aromatic carbocycles. The van der Waals surface area contributed by atoms with Crippen LogP contribution in [0.2, 0.25) is 0 Å². The molecular formula is C28H22N2O4. The second-order valence-corrected chi connectivity index (χ2v) is 7.39. The normalized spacial score (nSPS) is 13.7. The largest absolute Gasteiger partial charge is 0.365 e. The van der Waals surface area contributed by atoms with Crippen molar-refractivity contribution < 1.29 is 19.3 Å². The number of allylic oxidation sites excluding steroid dienone is 3. The molecule has 3 aromatic rings. The summed E-state index contributed by atoms with van der Waals surface area (Å²) in [6.07, 6.45) is 6.87. The van der Waals surface area contributed by atoms with Gasteiger partial charge in [-0.1, -0.05) is 107 Å². The standard InChI is InChI=1S/C28H22N2O4/c31-27(23-17-9-3-10-18-23)33-29-25(21-13-5-1-6-14-21)26(22-15-7-2-8-16-22)30-34-28(32)24-19-11-4-12-20-24/h1-11,13-19H,12,20H2/b29-25-,30-26-. The van der Waals surface area contributed by atoms with Gasteiger partial charge in [0, 0.05) is 16.7 Å². The van der Waals surface area contributed by atoms with Gasteiger partial charge < -0.3 is 9.68 Å². The Morgan fingerprint density at radius 2 is 1.09 bits per heavy atom. The molecule has 0 atom stereocenters. The monoisotopic (exact) mass is 450 g/mol. The Bertz CT molecular complexity index is 1260. The Morgan fingerprint density at radius 1 is 0.618 bits per heavy atom. The van der Waals surface area contributed by atoms with E-state index in [1.165, 1.54) is 0 Å². The minimum absolute atomic E-state index is 0.251. The van der Waals surface area contributed by atoms with Crippen LogP contribution in [0.1, 0.15) is 34.3 Å². The Hall–Kier alpha value is -4.58. The van der Waals surface area contributed by atoms with Gasteiger partial charge in [-0.15, -0.1) is 0 Å². The van der Waals surface area contributed by atoms with Crippen molar-refractivity contribution in [1.82, 2.24) is 0 Å². The van der Waals surface area contributed by atoms with E-state index >= 15 is 0 Å². The Labute approximate surface area is 197 Å². The molecule has 0 unspecified atom stereocenters. The molecule has 1 aliphatic carbocycles. The van der Waals surface area contributed by atoms with Crippen LogP contribution in [0.15, 0.2) is 125 Å². The van der Waals surface area contributed by atoms with Crippen molar-refractivity contribution in [3.8, 4) is 0 Å². The molecule has 0 saturated heterocycles. The minimum atomic E-state index is -0.613. The highest BCUT2D eigenvalue weighted by atomic mass is 16.7. The van der Waals surface area contributed by atoms with E-state index in [4.69, 9.17) is 9.68 Å². The van der Waals surface area contributed by atoms with Gasteiger partial charge >= 0.3 is 11.9 Å². The lowest BCUT2D eigenvalue weighted by Gasteiger charge is -2.11. The number of hydrogen-bond donors (Lipinski definition) is 0. The quantitative estimate of drug-likeness (QED) is 0.272. The number of nitrogens with zero attached hydrogens (tertiary/aromatic N) is 2. The lowest BCUT2D eigenvalue weighted by molar-refractivity contribution is -0.139. The van der Waals surface area contributed by atoms with Crippen LogP contribution in [-0.2, 0) is 14.5 Å². The fourth-order valence-electron chi connectivity index (χ4n) is 3.29. The van der Waals surface area contributed by atoms with E-state index in [1.54, 1.807) is 30.3 Å². The van der Waals surface area contributed by atoms with Crippen molar-refractivity contribution in [3.63, 3.8) is 0 Å². The van der Waals surface area contributed by atoms with Gasteiger partial charge in [0.25, 0.3) is 0 Å². The van der Waals surface area contributed by atoms with E-state index in [1.807, 2.05) is 78.9 Å². The van der Waals surface area contributed by atoms with Crippen LogP contribution in [0.3, 0.4) is 0 Å². The van der Waals surface area contributed by atoms with Gasteiger partial charge in [0.05, 0.1) is 5.56 Å². The SMILES string of the molecule is O=C(O/N=C(\C(=N/OC(=O)c1ccccc1)c1ccccc1)c1ccccc1)C1=CC=CCC1. The van der Waals surface area contributed by atoms with Gasteiger partial charge in [0.2, 0.25) is 0 Å². The average molecular weight is 450 g/mol. The second kappa shape index (κ2) is 11.3. The first kappa shape index (κ1) is 22.6. The third kappa shape index (κ3) is 5.81. The summed E-state index contributed by atoms with van der Waals surface area (Å²) in [5.74, 6) is -1.15. The van der Waals surface area contributed by atoms with E-state index < -0.39 is 11.9 Å². The molecule has 0 bridgehead atoms. The molecule has 34 heavy (non-hydrogen) atoms. The number of carbonyl (C=O) groups is 2. The molecule has 6 nitrogen and oxygen atoms in total. The lowest BCUT2D eigenvalue weighted by atomic mass is 10.00. The molecule has 0 saturated carbocycles. The van der Waals surface area contributed by atoms with Crippen molar-refractivity contribution in [2.24, 2.45) is 10.3 Å². The molecule has 0 heterocycles. The number of benzene rings is 3. The molecule has 0 spiro atoms. The maximum Gasteiger partial charge on any atom is 0.365 e. The summed E-state index contributed by atoms with van der Waals surface area (Å²) in [5, 5.41) is 8.33. The zero-order valence-corrected chi connectivity index (χ0v) is 18.3. The molecule has 1 aliphatic rings. The van der Waals surface area contributed by atoms with Gasteiger partial charge in [-0.05, 0) is 25.0 Å². The number of carbonyl (C=O) groups excluding carboxylic acids is 2. The van der Waals surface area contributed by atoms with E-state index in [0.29, 0.717) is 28.7 Å². The van der Waals surface area contributed by atoms with Gasteiger partial charge in [0.15, 0.2) is 0 Å². The molecule has 4 rings (SSSR count). The molecule has 0 fully saturated rings. The molecule has 0 radical (unpaired) electrons. The van der Waals surface area contributed by atoms with Crippen LogP contribution < -0.4 is 0 Å². The smallest absolute Gasteiger partial charge is 0.312 e. The van der Waals surface area contributed by atoms with E-state index in [2.05, 4.69) is 10.3 Å². The topological polar surface area (TPSA) is 77.3 Å². The maximum atomic E-state index is 12.6. The van der Waals surface area contributed by atoms with Crippen molar-refractivity contribution in [2.45, 2.75) is 12.8 Å². The molecular weight excluding hydrogens is 428 g/mol. The minimum Gasteiger partial charge on any atom is -0.312 e. The van der Waals surface area contributed by atoms with Crippen LogP contribution in [-0.4, -0.2) is 23.4 Å². The van der Waals surface area contributed by atoms with Crippen LogP contribution in [0.5, 0.6) is 0 Å². The zero-order valence-electron chi connectivity index (χ0n) is 18.3. The fourth-order valence-corrected chi connectivity index (χ4v) is 3.29. The second-order valence-electron chi connectivity index (χ2n) is 7.39. The number of hydrogen-bond acceptors (Lipinski definition) is 6. The fraction of sp³-hybridized carbons (Fsp3) is 0.0714. The Kier molecular flexibility index (Phi) is 7.54. The highest BCUT2D eigenvalue weighted by Gasteiger charge is 2.20. The van der Waals surface area contributed by atoms with Crippen LogP contribution in [0.25, 0.3) is 0 Å². The maximum absolute atomic E-state index is 12.6. The highest BCUT2D eigenvalue weighted by Crippen LogP contribution is 2.16. The lowest BCUT2D eigenvalue weighted by Crippen LogP contribution is -2.20. The van der Waals surface area contributed by atoms with Gasteiger partial charge in [0.1, 0.15) is 11.4 Å². The number of oxime groups is 2. The first-order chi connectivity index (χ1) is 16.7. The summed E-state index contributed by atoms with van der Waals surface area (Å²) in [7, 11) is 0. The van der Waals surface area contributed by atoms with Crippen molar-refractivity contribution >= 4 is 23.4 Å². The highest BCUT2D eigenvalue weighted by molar-refractivity contribution is 6.53. The summed E-state index contributed by atoms with van der Waals surface area (Å²) in [4.78, 5) is 35.7. The predicted octanol–water partition coefficient (Wildman–Crippen LogP) is 5.47. The molecule has 168 valence electrons. The van der Waals surface area contributed by atoms with Crippen molar-refractivity contribution in [2.75, 3.05) is 0 Å². The third-order valence-corrected chi connectivity index (χ3v) is 5.04. The molecule has 0 amide bonds. The van der Waals surface area contributed by atoms with Crippen LogP contribution in [0.4, 0.5) is 0 Å². The van der Waals surface area contributed by atoms with Crippen molar-refractivity contribution in [3.05, 3.63) is 131 Å². The third-order valence-electron chi connectivity index (χ3n) is 5.04. The number of rotatable bonds is 7. The van der Waals surface area contributed by atoms with Crippen molar-refractivity contribution in [1.29, 1.82) is 0 Å². The summed E-state index contributed by atoms with van der Waals surface area (Å²) in [6.45, 7) is 0. The Morgan fingerprint density at radius 3 is 1.56 bits per heavy atom. The first-order valence-corrected chi connectivity index (χ1v) is 10.8. The van der Waals surface area contributed by atoms with Crippen LogP contribution in [0, 0.1) is 0 Å². The van der Waals surface area contributed by atoms with Gasteiger partial charge in [-0.25, -0.2) is 9.59 Å². The summed E-state index contributed by atoms with van der Waals surface area (Å²) in [6, 6.07) is 26.9. The average Bonchev–Trinajstić information content (AvgIpc) is 2.92. The first-order valence-electron chi connectivity index (χ1n) is 10.8. The van der Waals surface area contributed by atoms with E-state index in [9.17, 15) is 9.59 Å². The Balaban J connectivity index is 1.72. The molecule has 0 N–H and O–H groups in total. The van der Waals surface area contributed by atoms with E-state index in [-0.39, 0.29) is 11.4 Å². The molecule has 0 aliphatic heterocycles. The van der Waals surface area contributed by atoms with Crippen LogP contribution >= 0.6 is 0 Å². The molecule has 0 aromatic heterocycles. The predicted molar refractivity (Wildman–Crippen MR) is 130 cm³/mol. The summed E-state index contributed by atoms with van der Waals surface area (Å²) < 4.78 is 0. The van der Waals surface area contributed by atoms with Gasteiger partial charge in [-0.3, -0.25) is 0 Å². The van der Waals surface area contributed by atoms with Gasteiger partial charge in [-0.2, -0.15) is 0 Å². The molecule has 6 heteroatoms. The summed E-state index contributed by atoms with van der Waals surface area (Å²) in [5.41, 5.74) is 2.69. The summed E-state index contributed by atoms with van der Waals surface area (Å²) >= 11 is 0. The van der Waals surface area contributed by atoms with E-state index in [0.717, 1.165) is 6.42 Å². The zero-order chi connectivity index (χ0) is 23.6.